The van der Waals surface area contributed by atoms with E-state index in [2.05, 4.69) is 6.58 Å². The zero-order valence-electron chi connectivity index (χ0n) is 12.7. The van der Waals surface area contributed by atoms with Crippen LogP contribution >= 0.6 is 0 Å². The number of nitrogens with zero attached hydrogens (tertiary/aromatic N) is 1. The van der Waals surface area contributed by atoms with E-state index >= 15 is 0 Å². The molecule has 1 N–H and O–H groups in total. The molecule has 2 unspecified atom stereocenters. The Balaban J connectivity index is 2.06. The first-order chi connectivity index (χ1) is 10.6. The second kappa shape index (κ2) is 7.11. The summed E-state index contributed by atoms with van der Waals surface area (Å²) >= 11 is 0. The van der Waals surface area contributed by atoms with Crippen LogP contribution in [0.4, 0.5) is 0 Å². The third-order valence-corrected chi connectivity index (χ3v) is 4.10. The number of rotatable bonds is 7. The van der Waals surface area contributed by atoms with E-state index in [4.69, 9.17) is 9.84 Å². The van der Waals surface area contributed by atoms with E-state index in [1.807, 2.05) is 24.3 Å². The Bertz CT molecular complexity index is 552. The molecule has 5 nitrogen and oxygen atoms in total. The Morgan fingerprint density at radius 1 is 1.32 bits per heavy atom. The molecule has 0 bridgehead atoms. The molecule has 1 aliphatic carbocycles. The van der Waals surface area contributed by atoms with Crippen molar-refractivity contribution >= 4 is 11.9 Å². The van der Waals surface area contributed by atoms with Crippen molar-refractivity contribution in [1.82, 2.24) is 4.90 Å². The Hall–Kier alpha value is -2.30. The van der Waals surface area contributed by atoms with Crippen molar-refractivity contribution < 1.29 is 19.4 Å². The summed E-state index contributed by atoms with van der Waals surface area (Å²) < 4.78 is 5.11. The van der Waals surface area contributed by atoms with Gasteiger partial charge in [-0.05, 0) is 30.5 Å². The number of amides is 1. The Labute approximate surface area is 130 Å². The average Bonchev–Trinajstić information content (AvgIpc) is 2.45. The Morgan fingerprint density at radius 3 is 2.41 bits per heavy atom. The van der Waals surface area contributed by atoms with Gasteiger partial charge in [-0.25, -0.2) is 0 Å². The quantitative estimate of drug-likeness (QED) is 0.785. The van der Waals surface area contributed by atoms with Gasteiger partial charge in [0.2, 0.25) is 5.91 Å². The van der Waals surface area contributed by atoms with Gasteiger partial charge < -0.3 is 14.7 Å². The SMILES string of the molecule is C=CCN(Cc1ccc(OC)cc1)C(=O)C1CCC1C(=O)O. The van der Waals surface area contributed by atoms with Gasteiger partial charge in [0.1, 0.15) is 5.75 Å². The first-order valence-corrected chi connectivity index (χ1v) is 7.32. The van der Waals surface area contributed by atoms with Gasteiger partial charge in [0.15, 0.2) is 0 Å². The lowest BCUT2D eigenvalue weighted by Gasteiger charge is -2.36. The molecule has 0 heterocycles. The van der Waals surface area contributed by atoms with Crippen molar-refractivity contribution in [3.05, 3.63) is 42.5 Å². The van der Waals surface area contributed by atoms with Crippen molar-refractivity contribution in [3.8, 4) is 5.75 Å². The summed E-state index contributed by atoms with van der Waals surface area (Å²) in [5.41, 5.74) is 0.974. The van der Waals surface area contributed by atoms with Crippen LogP contribution in [-0.2, 0) is 16.1 Å². The van der Waals surface area contributed by atoms with Crippen LogP contribution in [0.25, 0.3) is 0 Å². The number of carbonyl (C=O) groups is 2. The van der Waals surface area contributed by atoms with E-state index in [1.165, 1.54) is 0 Å². The maximum atomic E-state index is 12.5. The highest BCUT2D eigenvalue weighted by molar-refractivity contribution is 5.86. The zero-order chi connectivity index (χ0) is 16.1. The molecule has 0 aromatic heterocycles. The molecule has 0 spiro atoms. The van der Waals surface area contributed by atoms with Crippen molar-refractivity contribution in [2.45, 2.75) is 19.4 Å². The summed E-state index contributed by atoms with van der Waals surface area (Å²) in [6.45, 7) is 4.53. The van der Waals surface area contributed by atoms with Crippen LogP contribution in [0, 0.1) is 11.8 Å². The first-order valence-electron chi connectivity index (χ1n) is 7.32. The summed E-state index contributed by atoms with van der Waals surface area (Å²) in [5, 5.41) is 9.11. The molecule has 0 aliphatic heterocycles. The summed E-state index contributed by atoms with van der Waals surface area (Å²) in [7, 11) is 1.60. The Morgan fingerprint density at radius 2 is 1.95 bits per heavy atom. The molecule has 1 fully saturated rings. The predicted octanol–water partition coefficient (Wildman–Crippen LogP) is 2.32. The predicted molar refractivity (Wildman–Crippen MR) is 82.5 cm³/mol. The first kappa shape index (κ1) is 16.1. The van der Waals surface area contributed by atoms with E-state index in [-0.39, 0.29) is 5.91 Å². The topological polar surface area (TPSA) is 66.8 Å². The number of methoxy groups -OCH3 is 1. The molecule has 1 aliphatic rings. The van der Waals surface area contributed by atoms with Gasteiger partial charge in [-0.15, -0.1) is 6.58 Å². The molecule has 1 aromatic carbocycles. The average molecular weight is 303 g/mol. The largest absolute Gasteiger partial charge is 0.497 e. The fourth-order valence-electron chi connectivity index (χ4n) is 2.67. The molecular formula is C17H21NO4. The maximum Gasteiger partial charge on any atom is 0.307 e. The van der Waals surface area contributed by atoms with Crippen LogP contribution < -0.4 is 4.74 Å². The van der Waals surface area contributed by atoms with Crippen LogP contribution in [0.5, 0.6) is 5.75 Å². The number of carboxylic acids is 1. The number of ether oxygens (including phenoxy) is 1. The summed E-state index contributed by atoms with van der Waals surface area (Å²) in [6.07, 6.45) is 2.89. The molecule has 5 heteroatoms. The third kappa shape index (κ3) is 3.47. The number of benzene rings is 1. The van der Waals surface area contributed by atoms with Crippen LogP contribution in [0.15, 0.2) is 36.9 Å². The number of hydrogen-bond acceptors (Lipinski definition) is 3. The summed E-state index contributed by atoms with van der Waals surface area (Å²) in [5.74, 6) is -1.18. The van der Waals surface area contributed by atoms with E-state index in [1.54, 1.807) is 18.1 Å². The second-order valence-corrected chi connectivity index (χ2v) is 5.48. The van der Waals surface area contributed by atoms with Gasteiger partial charge in [-0.1, -0.05) is 18.2 Å². The number of hydrogen-bond donors (Lipinski definition) is 1. The zero-order valence-corrected chi connectivity index (χ0v) is 12.7. The molecule has 0 radical (unpaired) electrons. The lowest BCUT2D eigenvalue weighted by atomic mass is 9.73. The molecule has 1 amide bonds. The molecule has 22 heavy (non-hydrogen) atoms. The molecule has 2 rings (SSSR count). The summed E-state index contributed by atoms with van der Waals surface area (Å²) in [6, 6.07) is 7.49. The lowest BCUT2D eigenvalue weighted by molar-refractivity contribution is -0.156. The van der Waals surface area contributed by atoms with E-state index in [0.717, 1.165) is 11.3 Å². The number of aliphatic carboxylic acids is 1. The molecule has 2 atom stereocenters. The number of carbonyl (C=O) groups excluding carboxylic acids is 1. The minimum atomic E-state index is -0.882. The van der Waals surface area contributed by atoms with E-state index in [9.17, 15) is 9.59 Å². The third-order valence-electron chi connectivity index (χ3n) is 4.10. The standard InChI is InChI=1S/C17H21NO4/c1-3-10-18(11-12-4-6-13(22-2)7-5-12)16(19)14-8-9-15(14)17(20)21/h3-7,14-15H,1,8-11H2,2H3,(H,20,21). The molecular weight excluding hydrogens is 282 g/mol. The van der Waals surface area contributed by atoms with Crippen molar-refractivity contribution in [3.63, 3.8) is 0 Å². The minimum Gasteiger partial charge on any atom is -0.497 e. The smallest absolute Gasteiger partial charge is 0.307 e. The minimum absolute atomic E-state index is 0.102. The molecule has 1 aromatic rings. The van der Waals surface area contributed by atoms with Gasteiger partial charge in [0.05, 0.1) is 18.9 Å². The normalized spacial score (nSPS) is 19.9. The van der Waals surface area contributed by atoms with Gasteiger partial charge in [0.25, 0.3) is 0 Å². The highest BCUT2D eigenvalue weighted by atomic mass is 16.5. The van der Waals surface area contributed by atoms with Crippen LogP contribution in [0.2, 0.25) is 0 Å². The van der Waals surface area contributed by atoms with Crippen LogP contribution in [0.3, 0.4) is 0 Å². The lowest BCUT2D eigenvalue weighted by Crippen LogP contribution is -2.45. The summed E-state index contributed by atoms with van der Waals surface area (Å²) in [4.78, 5) is 25.3. The van der Waals surface area contributed by atoms with E-state index in [0.29, 0.717) is 25.9 Å². The van der Waals surface area contributed by atoms with Gasteiger partial charge >= 0.3 is 5.97 Å². The fraction of sp³-hybridized carbons (Fsp3) is 0.412. The second-order valence-electron chi connectivity index (χ2n) is 5.48. The van der Waals surface area contributed by atoms with Gasteiger partial charge in [-0.2, -0.15) is 0 Å². The van der Waals surface area contributed by atoms with E-state index < -0.39 is 17.8 Å². The number of carboxylic acid groups (broad SMARTS) is 1. The highest BCUT2D eigenvalue weighted by Crippen LogP contribution is 2.36. The van der Waals surface area contributed by atoms with Crippen LogP contribution in [0.1, 0.15) is 18.4 Å². The highest BCUT2D eigenvalue weighted by Gasteiger charge is 2.42. The monoisotopic (exact) mass is 303 g/mol. The van der Waals surface area contributed by atoms with Crippen molar-refractivity contribution in [1.29, 1.82) is 0 Å². The van der Waals surface area contributed by atoms with Crippen molar-refractivity contribution in [2.24, 2.45) is 11.8 Å². The van der Waals surface area contributed by atoms with Crippen LogP contribution in [-0.4, -0.2) is 35.5 Å². The molecule has 118 valence electrons. The Kier molecular flexibility index (Phi) is 5.20. The fourth-order valence-corrected chi connectivity index (χ4v) is 2.67. The van der Waals surface area contributed by atoms with Crippen molar-refractivity contribution in [2.75, 3.05) is 13.7 Å². The molecule has 0 saturated heterocycles. The van der Waals surface area contributed by atoms with Gasteiger partial charge in [-0.3, -0.25) is 9.59 Å². The maximum absolute atomic E-state index is 12.5. The van der Waals surface area contributed by atoms with Gasteiger partial charge in [0, 0.05) is 13.1 Å². The molecule has 1 saturated carbocycles.